The number of nitrogens with zero attached hydrogens (tertiary/aromatic N) is 1. The molecule has 0 saturated carbocycles. The van der Waals surface area contributed by atoms with Crippen molar-refractivity contribution >= 4 is 17.8 Å². The van der Waals surface area contributed by atoms with Crippen molar-refractivity contribution in [2.75, 3.05) is 7.11 Å². The van der Waals surface area contributed by atoms with E-state index in [4.69, 9.17) is 9.47 Å². The number of hydrogen-bond donors (Lipinski definition) is 0. The molecular formula is C22H26FNO5. The largest absolute Gasteiger partial charge is 0.496 e. The summed E-state index contributed by atoms with van der Waals surface area (Å²) in [4.78, 5) is 39.8. The fraction of sp³-hybridized carbons (Fsp3) is 0.500. The van der Waals surface area contributed by atoms with Gasteiger partial charge in [-0.15, -0.1) is 0 Å². The Kier molecular flexibility index (Phi) is 6.35. The molecule has 0 aromatic heterocycles. The van der Waals surface area contributed by atoms with E-state index in [-0.39, 0.29) is 24.3 Å². The number of likely N-dealkylation sites (tertiary alicyclic amines) is 1. The summed E-state index contributed by atoms with van der Waals surface area (Å²) >= 11 is 0. The number of fused-ring (bicyclic) bond motifs is 1. The first-order chi connectivity index (χ1) is 13.8. The highest BCUT2D eigenvalue weighted by Crippen LogP contribution is 2.37. The second kappa shape index (κ2) is 8.76. The molecule has 1 aromatic carbocycles. The van der Waals surface area contributed by atoms with Crippen molar-refractivity contribution in [3.8, 4) is 5.75 Å². The van der Waals surface area contributed by atoms with E-state index >= 15 is 0 Å². The molecule has 6 nitrogen and oxygen atoms in total. The van der Waals surface area contributed by atoms with Crippen molar-refractivity contribution in [1.29, 1.82) is 0 Å². The number of methoxy groups -OCH3 is 1. The van der Waals surface area contributed by atoms with Gasteiger partial charge in [0.2, 0.25) is 11.8 Å². The van der Waals surface area contributed by atoms with Gasteiger partial charge in [-0.2, -0.15) is 0 Å². The zero-order chi connectivity index (χ0) is 21.1. The van der Waals surface area contributed by atoms with Gasteiger partial charge >= 0.3 is 5.97 Å². The highest BCUT2D eigenvalue weighted by Gasteiger charge is 2.51. The first-order valence-electron chi connectivity index (χ1n) is 9.84. The highest BCUT2D eigenvalue weighted by molar-refractivity contribution is 6.08. The predicted molar refractivity (Wildman–Crippen MR) is 103 cm³/mol. The Balaban J connectivity index is 1.78. The number of hydrogen-bond acceptors (Lipinski definition) is 5. The van der Waals surface area contributed by atoms with E-state index in [0.29, 0.717) is 30.6 Å². The average Bonchev–Trinajstić information content (AvgIpc) is 2.95. The Morgan fingerprint density at radius 1 is 1.17 bits per heavy atom. The molecule has 156 valence electrons. The summed E-state index contributed by atoms with van der Waals surface area (Å²) in [5.74, 6) is -2.11. The van der Waals surface area contributed by atoms with Crippen LogP contribution in [-0.4, -0.2) is 35.8 Å². The van der Waals surface area contributed by atoms with Crippen LogP contribution in [0, 0.1) is 23.6 Å². The fourth-order valence-corrected chi connectivity index (χ4v) is 3.99. The Bertz CT molecular complexity index is 808. The SMILES string of the molecule is COc1ccc(F)cc1COC(=O)C(CC(C)C)N1C(=O)C2CC=CCC2C1=O. The molecule has 3 rings (SSSR count). The maximum atomic E-state index is 13.6. The minimum absolute atomic E-state index is 0.0672. The van der Waals surface area contributed by atoms with Gasteiger partial charge in [-0.3, -0.25) is 14.5 Å². The third-order valence-electron chi connectivity index (χ3n) is 5.43. The molecule has 0 N–H and O–H groups in total. The maximum Gasteiger partial charge on any atom is 0.329 e. The van der Waals surface area contributed by atoms with Gasteiger partial charge in [-0.05, 0) is 43.4 Å². The van der Waals surface area contributed by atoms with Gasteiger partial charge in [-0.25, -0.2) is 9.18 Å². The van der Waals surface area contributed by atoms with Crippen molar-refractivity contribution in [2.24, 2.45) is 17.8 Å². The maximum absolute atomic E-state index is 13.6. The summed E-state index contributed by atoms with van der Waals surface area (Å²) in [6, 6.07) is 2.95. The van der Waals surface area contributed by atoms with Crippen molar-refractivity contribution in [1.82, 2.24) is 4.90 Å². The molecule has 1 fully saturated rings. The second-order valence-corrected chi connectivity index (χ2v) is 7.91. The van der Waals surface area contributed by atoms with E-state index < -0.39 is 29.7 Å². The number of carbonyl (C=O) groups is 3. The number of imide groups is 1. The zero-order valence-corrected chi connectivity index (χ0v) is 16.9. The Labute approximate surface area is 169 Å². The molecule has 2 aliphatic rings. The van der Waals surface area contributed by atoms with Gasteiger partial charge in [0.05, 0.1) is 18.9 Å². The van der Waals surface area contributed by atoms with Crippen LogP contribution in [0.25, 0.3) is 0 Å². The molecule has 1 aliphatic heterocycles. The fourth-order valence-electron chi connectivity index (χ4n) is 3.99. The molecule has 0 radical (unpaired) electrons. The predicted octanol–water partition coefficient (Wildman–Crippen LogP) is 3.24. The van der Waals surface area contributed by atoms with Crippen LogP contribution in [0.2, 0.25) is 0 Å². The summed E-state index contributed by atoms with van der Waals surface area (Å²) in [5, 5.41) is 0. The molecule has 1 saturated heterocycles. The summed E-state index contributed by atoms with van der Waals surface area (Å²) < 4.78 is 24.1. The molecule has 1 heterocycles. The Morgan fingerprint density at radius 2 is 1.79 bits per heavy atom. The lowest BCUT2D eigenvalue weighted by Crippen LogP contribution is -2.47. The van der Waals surface area contributed by atoms with E-state index in [1.165, 1.54) is 25.3 Å². The van der Waals surface area contributed by atoms with Gasteiger partial charge in [0.1, 0.15) is 24.2 Å². The minimum atomic E-state index is -0.986. The molecular weight excluding hydrogens is 377 g/mol. The van der Waals surface area contributed by atoms with E-state index in [1.54, 1.807) is 0 Å². The van der Waals surface area contributed by atoms with Crippen molar-refractivity contribution < 1.29 is 28.2 Å². The van der Waals surface area contributed by atoms with Crippen LogP contribution < -0.4 is 4.74 Å². The van der Waals surface area contributed by atoms with Crippen molar-refractivity contribution in [3.63, 3.8) is 0 Å². The first kappa shape index (κ1) is 21.0. The normalized spacial score (nSPS) is 22.0. The topological polar surface area (TPSA) is 72.9 Å². The standard InChI is InChI=1S/C22H26FNO5/c1-13(2)10-18(24-20(25)16-6-4-5-7-17(16)21(24)26)22(27)29-12-14-11-15(23)8-9-19(14)28-3/h4-5,8-9,11,13,16-18H,6-7,10,12H2,1-3H3. The number of allylic oxidation sites excluding steroid dienone is 2. The number of amides is 2. The Morgan fingerprint density at radius 3 is 2.34 bits per heavy atom. The first-order valence-corrected chi connectivity index (χ1v) is 9.84. The molecule has 1 aliphatic carbocycles. The van der Waals surface area contributed by atoms with E-state index in [0.717, 1.165) is 4.90 Å². The van der Waals surface area contributed by atoms with Crippen molar-refractivity contribution in [2.45, 2.75) is 45.8 Å². The molecule has 3 unspecified atom stereocenters. The van der Waals surface area contributed by atoms with Gasteiger partial charge in [-0.1, -0.05) is 26.0 Å². The third-order valence-corrected chi connectivity index (χ3v) is 5.43. The number of halogens is 1. The second-order valence-electron chi connectivity index (χ2n) is 7.91. The van der Waals surface area contributed by atoms with E-state index in [2.05, 4.69) is 0 Å². The molecule has 3 atom stereocenters. The number of esters is 1. The van der Waals surface area contributed by atoms with Crippen LogP contribution in [0.5, 0.6) is 5.75 Å². The number of ether oxygens (including phenoxy) is 2. The lowest BCUT2D eigenvalue weighted by atomic mass is 9.85. The third kappa shape index (κ3) is 4.33. The van der Waals surface area contributed by atoms with Crippen LogP contribution in [0.3, 0.4) is 0 Å². The lowest BCUT2D eigenvalue weighted by Gasteiger charge is -2.26. The Hall–Kier alpha value is -2.70. The summed E-state index contributed by atoms with van der Waals surface area (Å²) in [5.41, 5.74) is 0.376. The van der Waals surface area contributed by atoms with Crippen LogP contribution in [0.15, 0.2) is 30.4 Å². The van der Waals surface area contributed by atoms with Crippen LogP contribution >= 0.6 is 0 Å². The van der Waals surface area contributed by atoms with Gasteiger partial charge in [0.15, 0.2) is 0 Å². The minimum Gasteiger partial charge on any atom is -0.496 e. The lowest BCUT2D eigenvalue weighted by molar-refractivity contribution is -0.160. The molecule has 0 spiro atoms. The summed E-state index contributed by atoms with van der Waals surface area (Å²) in [6.45, 7) is 3.62. The molecule has 2 amide bonds. The number of benzene rings is 1. The number of rotatable bonds is 7. The van der Waals surface area contributed by atoms with Gasteiger partial charge < -0.3 is 9.47 Å². The van der Waals surface area contributed by atoms with E-state index in [1.807, 2.05) is 26.0 Å². The quantitative estimate of drug-likeness (QED) is 0.397. The number of carbonyl (C=O) groups excluding carboxylic acids is 3. The van der Waals surface area contributed by atoms with Crippen molar-refractivity contribution in [3.05, 3.63) is 41.7 Å². The molecule has 0 bridgehead atoms. The summed E-state index contributed by atoms with van der Waals surface area (Å²) in [7, 11) is 1.44. The molecule has 7 heteroatoms. The summed E-state index contributed by atoms with van der Waals surface area (Å²) in [6.07, 6.45) is 5.14. The van der Waals surface area contributed by atoms with Gasteiger partial charge in [0.25, 0.3) is 0 Å². The van der Waals surface area contributed by atoms with Crippen LogP contribution in [0.1, 0.15) is 38.7 Å². The molecule has 29 heavy (non-hydrogen) atoms. The zero-order valence-electron chi connectivity index (χ0n) is 16.9. The van der Waals surface area contributed by atoms with E-state index in [9.17, 15) is 18.8 Å². The smallest absolute Gasteiger partial charge is 0.329 e. The van der Waals surface area contributed by atoms with Crippen LogP contribution in [-0.2, 0) is 25.7 Å². The average molecular weight is 403 g/mol. The van der Waals surface area contributed by atoms with Gasteiger partial charge in [0, 0.05) is 5.56 Å². The molecule has 1 aromatic rings. The highest BCUT2D eigenvalue weighted by atomic mass is 19.1. The van der Waals surface area contributed by atoms with Crippen LogP contribution in [0.4, 0.5) is 4.39 Å². The monoisotopic (exact) mass is 403 g/mol.